The van der Waals surface area contributed by atoms with Crippen molar-refractivity contribution in [3.8, 4) is 11.1 Å². The Morgan fingerprint density at radius 1 is 1.18 bits per heavy atom. The third-order valence-corrected chi connectivity index (χ3v) is 7.07. The van der Waals surface area contributed by atoms with Gasteiger partial charge in [0.1, 0.15) is 6.54 Å². The molecule has 0 spiro atoms. The maximum atomic E-state index is 12.8. The molecule has 0 atom stereocenters. The molecule has 0 amide bonds. The van der Waals surface area contributed by atoms with Gasteiger partial charge in [-0.3, -0.25) is 4.79 Å². The third-order valence-electron chi connectivity index (χ3n) is 4.51. The number of sulfone groups is 1. The van der Waals surface area contributed by atoms with Crippen molar-refractivity contribution in [3.05, 3.63) is 40.8 Å². The highest BCUT2D eigenvalue weighted by Gasteiger charge is 2.30. The van der Waals surface area contributed by atoms with E-state index in [9.17, 15) is 26.4 Å². The number of benzene rings is 1. The second-order valence-electron chi connectivity index (χ2n) is 6.79. The van der Waals surface area contributed by atoms with Crippen LogP contribution in [0.25, 0.3) is 11.1 Å². The van der Waals surface area contributed by atoms with E-state index in [-0.39, 0.29) is 15.0 Å². The molecule has 28 heavy (non-hydrogen) atoms. The Labute approximate surface area is 164 Å². The Kier molecular flexibility index (Phi) is 5.90. The maximum absolute atomic E-state index is 12.8. The van der Waals surface area contributed by atoms with E-state index >= 15 is 0 Å². The Balaban J connectivity index is 2.06. The fraction of sp³-hybridized carbons (Fsp3) is 0.444. The molecule has 1 aliphatic carbocycles. The molecule has 1 heterocycles. The van der Waals surface area contributed by atoms with E-state index < -0.39 is 28.1 Å². The molecule has 0 N–H and O–H groups in total. The first-order valence-electron chi connectivity index (χ1n) is 8.68. The molecule has 1 aliphatic rings. The molecule has 0 aliphatic heterocycles. The Morgan fingerprint density at radius 3 is 2.32 bits per heavy atom. The Morgan fingerprint density at radius 2 is 1.79 bits per heavy atom. The highest BCUT2D eigenvalue weighted by Crippen LogP contribution is 2.37. The van der Waals surface area contributed by atoms with Crippen molar-refractivity contribution in [1.29, 1.82) is 0 Å². The molecule has 0 radical (unpaired) electrons. The summed E-state index contributed by atoms with van der Waals surface area (Å²) in [5, 5.41) is 3.87. The van der Waals surface area contributed by atoms with Crippen molar-refractivity contribution in [1.82, 2.24) is 9.78 Å². The minimum Gasteiger partial charge on any atom is -0.266 e. The van der Waals surface area contributed by atoms with Gasteiger partial charge in [0.25, 0.3) is 5.56 Å². The lowest BCUT2D eigenvalue weighted by atomic mass is 10.1. The lowest BCUT2D eigenvalue weighted by molar-refractivity contribution is -0.143. The molecule has 1 fully saturated rings. The van der Waals surface area contributed by atoms with Gasteiger partial charge in [0, 0.05) is 17.1 Å². The summed E-state index contributed by atoms with van der Waals surface area (Å²) in [6, 6.07) is 5.91. The van der Waals surface area contributed by atoms with E-state index in [1.54, 1.807) is 12.1 Å². The van der Waals surface area contributed by atoms with Gasteiger partial charge in [0.2, 0.25) is 0 Å². The monoisotopic (exact) mass is 432 g/mol. The number of alkyl halides is 3. The van der Waals surface area contributed by atoms with Gasteiger partial charge in [-0.15, -0.1) is 11.8 Å². The second-order valence-corrected chi connectivity index (χ2v) is 10.1. The molecule has 1 aromatic heterocycles. The van der Waals surface area contributed by atoms with Gasteiger partial charge >= 0.3 is 6.18 Å². The number of hydrogen-bond acceptors (Lipinski definition) is 5. The fourth-order valence-electron chi connectivity index (χ4n) is 3.13. The summed E-state index contributed by atoms with van der Waals surface area (Å²) in [4.78, 5) is 13.1. The van der Waals surface area contributed by atoms with E-state index in [0.717, 1.165) is 31.9 Å². The van der Waals surface area contributed by atoms with E-state index in [4.69, 9.17) is 0 Å². The average Bonchev–Trinajstić information content (AvgIpc) is 3.10. The molecule has 5 nitrogen and oxygen atoms in total. The van der Waals surface area contributed by atoms with Gasteiger partial charge in [0.15, 0.2) is 9.84 Å². The van der Waals surface area contributed by atoms with Crippen LogP contribution in [0, 0.1) is 0 Å². The summed E-state index contributed by atoms with van der Waals surface area (Å²) in [6.45, 7) is -1.45. The van der Waals surface area contributed by atoms with Crippen LogP contribution in [0.15, 0.2) is 45.0 Å². The van der Waals surface area contributed by atoms with Crippen molar-refractivity contribution >= 4 is 21.6 Å². The quantitative estimate of drug-likeness (QED) is 0.717. The van der Waals surface area contributed by atoms with Crippen LogP contribution >= 0.6 is 11.8 Å². The van der Waals surface area contributed by atoms with Crippen molar-refractivity contribution in [2.24, 2.45) is 0 Å². The zero-order valence-corrected chi connectivity index (χ0v) is 16.7. The summed E-state index contributed by atoms with van der Waals surface area (Å²) in [5.41, 5.74) is 0.177. The first kappa shape index (κ1) is 20.9. The second kappa shape index (κ2) is 7.90. The number of nitrogens with zero attached hydrogens (tertiary/aromatic N) is 2. The topological polar surface area (TPSA) is 69.0 Å². The van der Waals surface area contributed by atoms with Gasteiger partial charge in [0.05, 0.1) is 16.0 Å². The Hall–Kier alpha value is -1.81. The van der Waals surface area contributed by atoms with Crippen molar-refractivity contribution < 1.29 is 21.6 Å². The van der Waals surface area contributed by atoms with Crippen molar-refractivity contribution in [3.63, 3.8) is 0 Å². The fourth-order valence-corrected chi connectivity index (χ4v) is 5.16. The molecule has 0 bridgehead atoms. The summed E-state index contributed by atoms with van der Waals surface area (Å²) in [6.07, 6.45) is 1.64. The summed E-state index contributed by atoms with van der Waals surface area (Å²) < 4.78 is 62.0. The zero-order valence-electron chi connectivity index (χ0n) is 15.1. The molecular weight excluding hydrogens is 413 g/mol. The number of aromatic nitrogens is 2. The molecular formula is C18H19F3N2O3S2. The predicted molar refractivity (Wildman–Crippen MR) is 101 cm³/mol. The summed E-state index contributed by atoms with van der Waals surface area (Å²) in [7, 11) is -3.38. The number of hydrogen-bond donors (Lipinski definition) is 0. The van der Waals surface area contributed by atoms with Crippen LogP contribution in [0.3, 0.4) is 0 Å². The number of thioether (sulfide) groups is 1. The number of rotatable bonds is 5. The molecule has 3 rings (SSSR count). The zero-order chi connectivity index (χ0) is 20.5. The summed E-state index contributed by atoms with van der Waals surface area (Å²) >= 11 is 1.29. The van der Waals surface area contributed by atoms with Gasteiger partial charge < -0.3 is 0 Å². The van der Waals surface area contributed by atoms with Crippen LogP contribution in [0.4, 0.5) is 13.2 Å². The van der Waals surface area contributed by atoms with E-state index in [0.29, 0.717) is 15.8 Å². The molecule has 0 unspecified atom stereocenters. The van der Waals surface area contributed by atoms with E-state index in [2.05, 4.69) is 5.10 Å². The minimum absolute atomic E-state index is 0.125. The molecule has 1 aromatic carbocycles. The van der Waals surface area contributed by atoms with Crippen molar-refractivity contribution in [2.45, 2.75) is 53.4 Å². The van der Waals surface area contributed by atoms with Crippen LogP contribution in [0.5, 0.6) is 0 Å². The van der Waals surface area contributed by atoms with Crippen LogP contribution in [0.1, 0.15) is 25.7 Å². The predicted octanol–water partition coefficient (Wildman–Crippen LogP) is 3.91. The minimum atomic E-state index is -4.55. The molecule has 0 saturated heterocycles. The van der Waals surface area contributed by atoms with Crippen molar-refractivity contribution in [2.75, 3.05) is 6.26 Å². The lowest BCUT2D eigenvalue weighted by Gasteiger charge is -2.16. The smallest absolute Gasteiger partial charge is 0.266 e. The van der Waals surface area contributed by atoms with Crippen LogP contribution in [0.2, 0.25) is 0 Å². The standard InChI is InChI=1S/C18H19F3N2O3S2/c1-28(25,26)14-8-6-12(7-9-14)15-10-22-23(11-18(19,20)21)17(24)16(15)27-13-4-2-3-5-13/h6-10,13H,2-5,11H2,1H3. The highest BCUT2D eigenvalue weighted by atomic mass is 32.2. The molecule has 152 valence electrons. The van der Waals surface area contributed by atoms with Gasteiger partial charge in [-0.25, -0.2) is 13.1 Å². The molecule has 10 heteroatoms. The third kappa shape index (κ3) is 4.96. The Bertz CT molecular complexity index is 1010. The van der Waals surface area contributed by atoms with Crippen LogP contribution in [-0.4, -0.2) is 35.9 Å². The summed E-state index contributed by atoms with van der Waals surface area (Å²) in [5.74, 6) is 0. The lowest BCUT2D eigenvalue weighted by Crippen LogP contribution is -2.31. The average molecular weight is 432 g/mol. The first-order valence-corrected chi connectivity index (χ1v) is 11.5. The van der Waals surface area contributed by atoms with Crippen LogP contribution in [-0.2, 0) is 16.4 Å². The maximum Gasteiger partial charge on any atom is 0.408 e. The SMILES string of the molecule is CS(=O)(=O)c1ccc(-c2cnn(CC(F)(F)F)c(=O)c2SC2CCCC2)cc1. The van der Waals surface area contributed by atoms with Gasteiger partial charge in [-0.1, -0.05) is 25.0 Å². The molecule has 1 saturated carbocycles. The normalized spacial score (nSPS) is 15.9. The first-order chi connectivity index (χ1) is 13.0. The highest BCUT2D eigenvalue weighted by molar-refractivity contribution is 8.00. The number of halogens is 3. The van der Waals surface area contributed by atoms with Gasteiger partial charge in [-0.05, 0) is 30.5 Å². The van der Waals surface area contributed by atoms with E-state index in [1.165, 1.54) is 30.1 Å². The van der Waals surface area contributed by atoms with Crippen LogP contribution < -0.4 is 5.56 Å². The van der Waals surface area contributed by atoms with E-state index in [1.807, 2.05) is 0 Å². The largest absolute Gasteiger partial charge is 0.408 e. The van der Waals surface area contributed by atoms with Gasteiger partial charge in [-0.2, -0.15) is 18.3 Å². The molecule has 2 aromatic rings.